The number of aromatic nitrogens is 4. The molecule has 0 aliphatic carbocycles. The van der Waals surface area contributed by atoms with E-state index in [1.807, 2.05) is 6.20 Å². The van der Waals surface area contributed by atoms with Crippen LogP contribution in [0, 0.1) is 0 Å². The predicted molar refractivity (Wildman–Crippen MR) is 74.5 cm³/mol. The van der Waals surface area contributed by atoms with Crippen molar-refractivity contribution in [3.63, 3.8) is 0 Å². The van der Waals surface area contributed by atoms with Crippen LogP contribution < -0.4 is 0 Å². The van der Waals surface area contributed by atoms with E-state index in [-0.39, 0.29) is 0 Å². The maximum atomic E-state index is 4.46. The van der Waals surface area contributed by atoms with Gasteiger partial charge in [-0.05, 0) is 25.1 Å². The molecule has 0 amide bonds. The highest BCUT2D eigenvalue weighted by Crippen LogP contribution is 2.05. The number of hydrogen-bond acceptors (Lipinski definition) is 4. The van der Waals surface area contributed by atoms with Crippen LogP contribution in [0.3, 0.4) is 0 Å². The molecule has 102 valence electrons. The van der Waals surface area contributed by atoms with E-state index in [9.17, 15) is 0 Å². The molecule has 0 atom stereocenters. The van der Waals surface area contributed by atoms with E-state index in [4.69, 9.17) is 0 Å². The average molecular weight is 259 g/mol. The fraction of sp³-hybridized carbons (Fsp3) is 0.500. The van der Waals surface area contributed by atoms with Crippen molar-refractivity contribution in [3.05, 3.63) is 41.2 Å². The zero-order valence-corrected chi connectivity index (χ0v) is 11.8. The minimum absolute atomic E-state index is 0.754. The topological polar surface area (TPSA) is 57.7 Å². The van der Waals surface area contributed by atoms with Crippen LogP contribution in [-0.4, -0.2) is 32.1 Å². The lowest BCUT2D eigenvalue weighted by atomic mass is 10.2. The van der Waals surface area contributed by atoms with Crippen LogP contribution in [0.2, 0.25) is 0 Å². The van der Waals surface area contributed by atoms with Gasteiger partial charge in [0.15, 0.2) is 0 Å². The molecule has 0 radical (unpaired) electrons. The third-order valence-corrected chi connectivity index (χ3v) is 3.04. The number of rotatable bonds is 6. The molecule has 0 saturated heterocycles. The maximum absolute atomic E-state index is 4.46. The molecule has 0 spiro atoms. The second-order valence-electron chi connectivity index (χ2n) is 4.74. The van der Waals surface area contributed by atoms with Crippen molar-refractivity contribution in [2.45, 2.75) is 39.8 Å². The van der Waals surface area contributed by atoms with Gasteiger partial charge in [-0.3, -0.25) is 15.0 Å². The lowest BCUT2D eigenvalue weighted by molar-refractivity contribution is 0.307. The van der Waals surface area contributed by atoms with E-state index in [1.165, 1.54) is 5.56 Å². The molecule has 19 heavy (non-hydrogen) atoms. The lowest BCUT2D eigenvalue weighted by Gasteiger charge is -2.14. The summed E-state index contributed by atoms with van der Waals surface area (Å²) < 4.78 is 0. The molecule has 0 aromatic carbocycles. The summed E-state index contributed by atoms with van der Waals surface area (Å²) in [4.78, 5) is 11.0. The van der Waals surface area contributed by atoms with Gasteiger partial charge in [0.1, 0.15) is 11.6 Å². The first-order chi connectivity index (χ1) is 9.21. The van der Waals surface area contributed by atoms with Crippen LogP contribution in [0.25, 0.3) is 0 Å². The minimum atomic E-state index is 0.754. The molecular weight excluding hydrogens is 238 g/mol. The van der Waals surface area contributed by atoms with Crippen molar-refractivity contribution in [3.8, 4) is 0 Å². The Morgan fingerprint density at radius 3 is 2.58 bits per heavy atom. The predicted octanol–water partition coefficient (Wildman–Crippen LogP) is 1.96. The van der Waals surface area contributed by atoms with Gasteiger partial charge in [0, 0.05) is 19.2 Å². The fourth-order valence-corrected chi connectivity index (χ4v) is 1.91. The van der Waals surface area contributed by atoms with Gasteiger partial charge < -0.3 is 0 Å². The SMILES string of the molecule is CCc1ccc(CN(C)Cc2nc(CC)n[nH]2)nc1. The zero-order chi connectivity index (χ0) is 13.7. The Kier molecular flexibility index (Phi) is 4.63. The van der Waals surface area contributed by atoms with Crippen molar-refractivity contribution >= 4 is 0 Å². The van der Waals surface area contributed by atoms with Crippen LogP contribution in [0.1, 0.15) is 36.8 Å². The van der Waals surface area contributed by atoms with Crippen molar-refractivity contribution < 1.29 is 0 Å². The van der Waals surface area contributed by atoms with Gasteiger partial charge in [-0.25, -0.2) is 4.98 Å². The smallest absolute Gasteiger partial charge is 0.150 e. The van der Waals surface area contributed by atoms with Crippen LogP contribution in [0.4, 0.5) is 0 Å². The third kappa shape index (κ3) is 3.86. The zero-order valence-electron chi connectivity index (χ0n) is 11.8. The summed E-state index contributed by atoms with van der Waals surface area (Å²) in [5.74, 6) is 1.78. The van der Waals surface area contributed by atoms with Gasteiger partial charge >= 0.3 is 0 Å². The average Bonchev–Trinajstić information content (AvgIpc) is 2.87. The number of nitrogens with zero attached hydrogens (tertiary/aromatic N) is 4. The highest BCUT2D eigenvalue weighted by atomic mass is 15.2. The molecule has 2 aromatic heterocycles. The number of aromatic amines is 1. The summed E-state index contributed by atoms with van der Waals surface area (Å²) >= 11 is 0. The number of nitrogens with one attached hydrogen (secondary N) is 1. The molecule has 2 aromatic rings. The largest absolute Gasteiger partial charge is 0.293 e. The van der Waals surface area contributed by atoms with Gasteiger partial charge in [-0.2, -0.15) is 5.10 Å². The van der Waals surface area contributed by atoms with Crippen LogP contribution in [0.5, 0.6) is 0 Å². The van der Waals surface area contributed by atoms with Crippen molar-refractivity contribution in [2.24, 2.45) is 0 Å². The molecule has 0 aliphatic rings. The van der Waals surface area contributed by atoms with Gasteiger partial charge in [0.2, 0.25) is 0 Å². The summed E-state index contributed by atoms with van der Waals surface area (Å²) in [6, 6.07) is 4.23. The summed E-state index contributed by atoms with van der Waals surface area (Å²) in [7, 11) is 2.06. The highest BCUT2D eigenvalue weighted by molar-refractivity contribution is 5.13. The monoisotopic (exact) mass is 259 g/mol. The van der Waals surface area contributed by atoms with Gasteiger partial charge in [-0.1, -0.05) is 19.9 Å². The van der Waals surface area contributed by atoms with E-state index in [0.29, 0.717) is 0 Å². The van der Waals surface area contributed by atoms with Gasteiger partial charge in [0.25, 0.3) is 0 Å². The number of hydrogen-bond donors (Lipinski definition) is 1. The Labute approximate surface area is 114 Å². The van der Waals surface area contributed by atoms with E-state index < -0.39 is 0 Å². The molecule has 0 saturated carbocycles. The molecule has 5 nitrogen and oxygen atoms in total. The summed E-state index contributed by atoms with van der Waals surface area (Å²) in [6.07, 6.45) is 3.84. The van der Waals surface area contributed by atoms with Gasteiger partial charge in [0.05, 0.1) is 12.2 Å². The Bertz CT molecular complexity index is 503. The highest BCUT2D eigenvalue weighted by Gasteiger charge is 2.06. The molecule has 0 bridgehead atoms. The summed E-state index contributed by atoms with van der Waals surface area (Å²) in [5, 5.41) is 7.11. The van der Waals surface area contributed by atoms with E-state index in [2.05, 4.69) is 58.1 Å². The Hall–Kier alpha value is -1.75. The van der Waals surface area contributed by atoms with Crippen LogP contribution in [-0.2, 0) is 25.9 Å². The first-order valence-corrected chi connectivity index (χ1v) is 6.73. The van der Waals surface area contributed by atoms with E-state index >= 15 is 0 Å². The quantitative estimate of drug-likeness (QED) is 0.861. The number of H-pyrrole nitrogens is 1. The first-order valence-electron chi connectivity index (χ1n) is 6.73. The van der Waals surface area contributed by atoms with Crippen molar-refractivity contribution in [1.29, 1.82) is 0 Å². The summed E-state index contributed by atoms with van der Waals surface area (Å²) in [5.41, 5.74) is 2.35. The lowest BCUT2D eigenvalue weighted by Crippen LogP contribution is -2.18. The first kappa shape index (κ1) is 13.7. The second kappa shape index (κ2) is 6.43. The second-order valence-corrected chi connectivity index (χ2v) is 4.74. The molecule has 2 rings (SSSR count). The Morgan fingerprint density at radius 2 is 2.00 bits per heavy atom. The van der Waals surface area contributed by atoms with Crippen LogP contribution in [0.15, 0.2) is 18.3 Å². The third-order valence-electron chi connectivity index (χ3n) is 3.04. The molecule has 0 fully saturated rings. The maximum Gasteiger partial charge on any atom is 0.150 e. The van der Waals surface area contributed by atoms with E-state index in [0.717, 1.165) is 43.3 Å². The molecule has 5 heteroatoms. The molecule has 0 unspecified atom stereocenters. The van der Waals surface area contributed by atoms with Crippen LogP contribution >= 0.6 is 0 Å². The normalized spacial score (nSPS) is 11.2. The molecular formula is C14H21N5. The molecule has 2 heterocycles. The molecule has 0 aliphatic heterocycles. The number of pyridine rings is 1. The fourth-order valence-electron chi connectivity index (χ4n) is 1.91. The molecule has 1 N–H and O–H groups in total. The van der Waals surface area contributed by atoms with E-state index in [1.54, 1.807) is 0 Å². The number of aryl methyl sites for hydroxylation is 2. The van der Waals surface area contributed by atoms with Crippen molar-refractivity contribution in [1.82, 2.24) is 25.1 Å². The standard InChI is InChI=1S/C14H21N5/c1-4-11-6-7-12(15-8-11)9-19(3)10-14-16-13(5-2)17-18-14/h6-8H,4-5,9-10H2,1-3H3,(H,16,17,18). The van der Waals surface area contributed by atoms with Crippen molar-refractivity contribution in [2.75, 3.05) is 7.05 Å². The Balaban J connectivity index is 1.90. The van der Waals surface area contributed by atoms with Gasteiger partial charge in [-0.15, -0.1) is 0 Å². The summed E-state index contributed by atoms with van der Waals surface area (Å²) in [6.45, 7) is 5.75. The minimum Gasteiger partial charge on any atom is -0.293 e. The Morgan fingerprint density at radius 1 is 1.16 bits per heavy atom.